The molecule has 0 amide bonds. The molecule has 0 saturated heterocycles. The lowest BCUT2D eigenvalue weighted by Gasteiger charge is -2.10. The van der Waals surface area contributed by atoms with Gasteiger partial charge in [0.2, 0.25) is 10.0 Å². The molecule has 3 heterocycles. The molecule has 0 radical (unpaired) electrons. The van der Waals surface area contributed by atoms with E-state index in [4.69, 9.17) is 4.74 Å². The molecule has 1 unspecified atom stereocenters. The molecule has 0 saturated carbocycles. The summed E-state index contributed by atoms with van der Waals surface area (Å²) in [6.07, 6.45) is 1.68. The second kappa shape index (κ2) is 7.65. The van der Waals surface area contributed by atoms with Crippen LogP contribution in [0.1, 0.15) is 19.5 Å². The zero-order valence-electron chi connectivity index (χ0n) is 14.7. The standard InChI is InChI=1S/C17H20N4O3S2/c1-11-17(25-12(2)20-11)26(22,23)19-10-13-8-14(24-3)9-16(21-13)15-6-4-5-7-18-15/h4-9,12,19-20H,10H2,1-3H3. The summed E-state index contributed by atoms with van der Waals surface area (Å²) in [5, 5.41) is 3.13. The Labute approximate surface area is 157 Å². The zero-order chi connectivity index (χ0) is 18.7. The van der Waals surface area contributed by atoms with Crippen molar-refractivity contribution < 1.29 is 13.2 Å². The van der Waals surface area contributed by atoms with E-state index in [1.165, 1.54) is 11.8 Å². The van der Waals surface area contributed by atoms with Gasteiger partial charge in [0.25, 0.3) is 0 Å². The van der Waals surface area contributed by atoms with Gasteiger partial charge < -0.3 is 10.1 Å². The molecule has 7 nitrogen and oxygen atoms in total. The van der Waals surface area contributed by atoms with Gasteiger partial charge in [0.1, 0.15) is 9.99 Å². The third kappa shape index (κ3) is 4.17. The molecule has 0 spiro atoms. The predicted octanol–water partition coefficient (Wildman–Crippen LogP) is 2.44. The van der Waals surface area contributed by atoms with Gasteiger partial charge in [-0.25, -0.2) is 18.1 Å². The molecular weight excluding hydrogens is 372 g/mol. The van der Waals surface area contributed by atoms with E-state index in [2.05, 4.69) is 20.0 Å². The van der Waals surface area contributed by atoms with Crippen LogP contribution in [0.15, 0.2) is 46.5 Å². The first kappa shape index (κ1) is 18.7. The molecule has 138 valence electrons. The number of hydrogen-bond acceptors (Lipinski definition) is 7. The van der Waals surface area contributed by atoms with Crippen LogP contribution < -0.4 is 14.8 Å². The van der Waals surface area contributed by atoms with Gasteiger partial charge in [-0.15, -0.1) is 0 Å². The monoisotopic (exact) mass is 392 g/mol. The second-order valence-corrected chi connectivity index (χ2v) is 9.05. The highest BCUT2D eigenvalue weighted by Crippen LogP contribution is 2.33. The average Bonchev–Trinajstić information content (AvgIpc) is 2.99. The lowest BCUT2D eigenvalue weighted by molar-refractivity contribution is 0.413. The van der Waals surface area contributed by atoms with Crippen molar-refractivity contribution in [3.05, 3.63) is 52.2 Å². The van der Waals surface area contributed by atoms with Crippen LogP contribution in [0.3, 0.4) is 0 Å². The van der Waals surface area contributed by atoms with Crippen LogP contribution in [0.2, 0.25) is 0 Å². The minimum Gasteiger partial charge on any atom is -0.497 e. The normalized spacial score (nSPS) is 17.3. The molecule has 1 aliphatic rings. The van der Waals surface area contributed by atoms with Crippen LogP contribution in [0.5, 0.6) is 5.75 Å². The molecule has 0 bridgehead atoms. The van der Waals surface area contributed by atoms with Crippen molar-refractivity contribution >= 4 is 21.8 Å². The first-order valence-electron chi connectivity index (χ1n) is 7.99. The molecule has 1 atom stereocenters. The van der Waals surface area contributed by atoms with Crippen molar-refractivity contribution in [3.63, 3.8) is 0 Å². The summed E-state index contributed by atoms with van der Waals surface area (Å²) < 4.78 is 33.4. The van der Waals surface area contributed by atoms with E-state index in [1.54, 1.807) is 32.4 Å². The number of hydrogen-bond donors (Lipinski definition) is 2. The minimum atomic E-state index is -3.60. The third-order valence-corrected chi connectivity index (χ3v) is 6.97. The highest BCUT2D eigenvalue weighted by Gasteiger charge is 2.28. The maximum absolute atomic E-state index is 12.6. The molecule has 1 aliphatic heterocycles. The first-order chi connectivity index (χ1) is 12.4. The topological polar surface area (TPSA) is 93.2 Å². The molecule has 0 aromatic carbocycles. The van der Waals surface area contributed by atoms with Crippen LogP contribution in [0, 0.1) is 0 Å². The maximum atomic E-state index is 12.6. The molecular formula is C17H20N4O3S2. The molecule has 2 aromatic heterocycles. The zero-order valence-corrected chi connectivity index (χ0v) is 16.3. The smallest absolute Gasteiger partial charge is 0.248 e. The van der Waals surface area contributed by atoms with E-state index in [1.807, 2.05) is 25.1 Å². The Morgan fingerprint density at radius 2 is 2.12 bits per heavy atom. The van der Waals surface area contributed by atoms with Gasteiger partial charge in [-0.1, -0.05) is 17.8 Å². The molecule has 26 heavy (non-hydrogen) atoms. The number of aromatic nitrogens is 2. The van der Waals surface area contributed by atoms with Crippen LogP contribution in [0.25, 0.3) is 11.4 Å². The number of nitrogens with one attached hydrogen (secondary N) is 2. The fourth-order valence-electron chi connectivity index (χ4n) is 2.56. The van der Waals surface area contributed by atoms with Crippen LogP contribution in [0.4, 0.5) is 0 Å². The second-order valence-electron chi connectivity index (χ2n) is 5.74. The van der Waals surface area contributed by atoms with Gasteiger partial charge in [-0.2, -0.15) is 0 Å². The average molecular weight is 393 g/mol. The highest BCUT2D eigenvalue weighted by molar-refractivity contribution is 8.18. The summed E-state index contributed by atoms with van der Waals surface area (Å²) in [7, 11) is -2.05. The fraction of sp³-hybridized carbons (Fsp3) is 0.294. The Kier molecular flexibility index (Phi) is 5.49. The van der Waals surface area contributed by atoms with E-state index in [-0.39, 0.29) is 11.9 Å². The van der Waals surface area contributed by atoms with Crippen molar-refractivity contribution in [2.75, 3.05) is 7.11 Å². The molecule has 9 heteroatoms. The minimum absolute atomic E-state index is 0.0345. The van der Waals surface area contributed by atoms with Crippen molar-refractivity contribution in [1.82, 2.24) is 20.0 Å². The Morgan fingerprint density at radius 3 is 2.73 bits per heavy atom. The molecule has 2 N–H and O–H groups in total. The Balaban J connectivity index is 1.83. The molecule has 0 aliphatic carbocycles. The van der Waals surface area contributed by atoms with Gasteiger partial charge in [0.15, 0.2) is 0 Å². The van der Waals surface area contributed by atoms with Crippen LogP contribution in [-0.2, 0) is 16.6 Å². The number of rotatable bonds is 6. The maximum Gasteiger partial charge on any atom is 0.248 e. The van der Waals surface area contributed by atoms with E-state index < -0.39 is 10.0 Å². The van der Waals surface area contributed by atoms with Crippen LogP contribution in [-0.4, -0.2) is 30.9 Å². The van der Waals surface area contributed by atoms with Gasteiger partial charge in [0, 0.05) is 24.0 Å². The van der Waals surface area contributed by atoms with Crippen molar-refractivity contribution in [2.45, 2.75) is 25.8 Å². The van der Waals surface area contributed by atoms with Crippen LogP contribution >= 0.6 is 11.8 Å². The number of methoxy groups -OCH3 is 1. The molecule has 2 aromatic rings. The lowest BCUT2D eigenvalue weighted by atomic mass is 10.2. The van der Waals surface area contributed by atoms with Crippen molar-refractivity contribution in [3.8, 4) is 17.1 Å². The van der Waals surface area contributed by atoms with Crippen molar-refractivity contribution in [2.24, 2.45) is 0 Å². The van der Waals surface area contributed by atoms with Gasteiger partial charge in [-0.3, -0.25) is 4.98 Å². The van der Waals surface area contributed by atoms with E-state index >= 15 is 0 Å². The largest absolute Gasteiger partial charge is 0.497 e. The number of nitrogens with zero attached hydrogens (tertiary/aromatic N) is 2. The molecule has 0 fully saturated rings. The SMILES string of the molecule is COc1cc(CNS(=O)(=O)C2=C(C)NC(C)S2)nc(-c2ccccn2)c1. The summed E-state index contributed by atoms with van der Waals surface area (Å²) in [4.78, 5) is 8.79. The highest BCUT2D eigenvalue weighted by atomic mass is 32.3. The lowest BCUT2D eigenvalue weighted by Crippen LogP contribution is -2.24. The summed E-state index contributed by atoms with van der Waals surface area (Å²) >= 11 is 1.29. The Hall–Kier alpha value is -2.10. The van der Waals surface area contributed by atoms with E-state index in [0.717, 1.165) is 0 Å². The summed E-state index contributed by atoms with van der Waals surface area (Å²) in [5.74, 6) is 0.593. The number of thioether (sulfide) groups is 1. The van der Waals surface area contributed by atoms with Gasteiger partial charge in [0.05, 0.1) is 36.1 Å². The fourth-order valence-corrected chi connectivity index (χ4v) is 5.40. The Morgan fingerprint density at radius 1 is 1.31 bits per heavy atom. The predicted molar refractivity (Wildman–Crippen MR) is 103 cm³/mol. The number of ether oxygens (including phenoxy) is 1. The summed E-state index contributed by atoms with van der Waals surface area (Å²) in [5.41, 5.74) is 2.53. The summed E-state index contributed by atoms with van der Waals surface area (Å²) in [6, 6.07) is 9.01. The quantitative estimate of drug-likeness (QED) is 0.780. The van der Waals surface area contributed by atoms with Gasteiger partial charge >= 0.3 is 0 Å². The summed E-state index contributed by atoms with van der Waals surface area (Å²) in [6.45, 7) is 3.73. The number of sulfonamides is 1. The first-order valence-corrected chi connectivity index (χ1v) is 10.4. The van der Waals surface area contributed by atoms with Gasteiger partial charge in [-0.05, 0) is 26.0 Å². The van der Waals surface area contributed by atoms with Crippen molar-refractivity contribution in [1.29, 1.82) is 0 Å². The molecule has 3 rings (SSSR count). The third-order valence-electron chi connectivity index (χ3n) is 3.71. The number of allylic oxidation sites excluding steroid dienone is 1. The van der Waals surface area contributed by atoms with E-state index in [0.29, 0.717) is 32.8 Å². The Bertz CT molecular complexity index is 930. The van der Waals surface area contributed by atoms with E-state index in [9.17, 15) is 8.42 Å². The number of pyridine rings is 2.